The molecule has 11 heavy (non-hydrogen) atoms. The van der Waals surface area contributed by atoms with Gasteiger partial charge >= 0.3 is 7.75 Å². The van der Waals surface area contributed by atoms with Crippen molar-refractivity contribution in [2.45, 2.75) is 0 Å². The topological polar surface area (TPSA) is 60.8 Å². The van der Waals surface area contributed by atoms with Gasteiger partial charge in [0, 0.05) is 12.4 Å². The van der Waals surface area contributed by atoms with Gasteiger partial charge in [-0.05, 0) is 7.05 Å². The van der Waals surface area contributed by atoms with Gasteiger partial charge in [0.15, 0.2) is 0 Å². The van der Waals surface area contributed by atoms with E-state index in [9.17, 15) is 4.57 Å². The van der Waals surface area contributed by atoms with Crippen molar-refractivity contribution in [2.24, 2.45) is 0 Å². The SMILES string of the molecule is CN(CCCl)P(=O)(O)O.Cl.Cl. The molecular weight excluding hydrogens is 235 g/mol. The third kappa shape index (κ3) is 8.89. The van der Waals surface area contributed by atoms with Gasteiger partial charge in [-0.25, -0.2) is 9.24 Å². The summed E-state index contributed by atoms with van der Waals surface area (Å²) in [5, 5.41) is 0. The lowest BCUT2D eigenvalue weighted by Gasteiger charge is -2.15. The van der Waals surface area contributed by atoms with E-state index in [1.165, 1.54) is 7.05 Å². The number of halogens is 3. The normalized spacial score (nSPS) is 10.3. The van der Waals surface area contributed by atoms with Crippen LogP contribution in [-0.2, 0) is 4.57 Å². The summed E-state index contributed by atoms with van der Waals surface area (Å²) in [4.78, 5) is 16.8. The molecule has 0 aromatic carbocycles. The highest BCUT2D eigenvalue weighted by molar-refractivity contribution is 7.49. The molecule has 0 saturated heterocycles. The van der Waals surface area contributed by atoms with E-state index in [1.54, 1.807) is 0 Å². The Bertz CT molecular complexity index is 129. The molecule has 0 amide bonds. The predicted molar refractivity (Wildman–Crippen MR) is 49.9 cm³/mol. The van der Waals surface area contributed by atoms with E-state index in [0.29, 0.717) is 0 Å². The van der Waals surface area contributed by atoms with E-state index in [1.807, 2.05) is 0 Å². The van der Waals surface area contributed by atoms with Gasteiger partial charge in [-0.2, -0.15) is 0 Å². The Balaban J connectivity index is -0.000000320. The molecule has 0 aliphatic rings. The van der Waals surface area contributed by atoms with Gasteiger partial charge in [-0.15, -0.1) is 36.4 Å². The first-order valence-corrected chi connectivity index (χ1v) is 4.41. The second kappa shape index (κ2) is 7.62. The number of hydrogen-bond donors (Lipinski definition) is 2. The van der Waals surface area contributed by atoms with Gasteiger partial charge in [0.1, 0.15) is 0 Å². The Morgan fingerprint density at radius 1 is 1.45 bits per heavy atom. The molecule has 0 aliphatic heterocycles. The third-order valence-corrected chi connectivity index (χ3v) is 2.11. The van der Waals surface area contributed by atoms with Crippen molar-refractivity contribution in [1.82, 2.24) is 4.67 Å². The summed E-state index contributed by atoms with van der Waals surface area (Å²) in [6.07, 6.45) is 0. The van der Waals surface area contributed by atoms with E-state index in [2.05, 4.69) is 0 Å². The third-order valence-electron chi connectivity index (χ3n) is 0.853. The fourth-order valence-electron chi connectivity index (χ4n) is 0.253. The lowest BCUT2D eigenvalue weighted by molar-refractivity contribution is 0.297. The molecule has 0 heterocycles. The number of nitrogens with zero attached hydrogens (tertiary/aromatic N) is 1. The summed E-state index contributed by atoms with van der Waals surface area (Å²) >= 11 is 5.22. The van der Waals surface area contributed by atoms with Crippen molar-refractivity contribution in [3.63, 3.8) is 0 Å². The Hall–Kier alpha value is 0.980. The fraction of sp³-hybridized carbons (Fsp3) is 1.00. The molecule has 0 aromatic rings. The van der Waals surface area contributed by atoms with Gasteiger partial charge in [0.05, 0.1) is 0 Å². The van der Waals surface area contributed by atoms with Gasteiger partial charge in [0.2, 0.25) is 0 Å². The molecule has 0 radical (unpaired) electrons. The molecule has 8 heteroatoms. The minimum absolute atomic E-state index is 0. The van der Waals surface area contributed by atoms with Crippen LogP contribution in [0, 0.1) is 0 Å². The van der Waals surface area contributed by atoms with Crippen LogP contribution in [0.15, 0.2) is 0 Å². The van der Waals surface area contributed by atoms with Crippen LogP contribution in [0.25, 0.3) is 0 Å². The number of hydrogen-bond acceptors (Lipinski definition) is 1. The Kier molecular flexibility index (Phi) is 12.4. The van der Waals surface area contributed by atoms with Crippen LogP contribution in [0.3, 0.4) is 0 Å². The lowest BCUT2D eigenvalue weighted by atomic mass is 10.8. The first-order chi connectivity index (χ1) is 3.98. The zero-order valence-corrected chi connectivity index (χ0v) is 9.09. The van der Waals surface area contributed by atoms with Gasteiger partial charge in [-0.1, -0.05) is 0 Å². The Morgan fingerprint density at radius 3 is 1.91 bits per heavy atom. The Morgan fingerprint density at radius 2 is 1.82 bits per heavy atom. The molecule has 4 nitrogen and oxygen atoms in total. The zero-order chi connectivity index (χ0) is 7.49. The highest BCUT2D eigenvalue weighted by Gasteiger charge is 2.18. The molecule has 0 spiro atoms. The van der Waals surface area contributed by atoms with E-state index in [0.717, 1.165) is 4.67 Å². The Labute approximate surface area is 82.9 Å². The zero-order valence-electron chi connectivity index (χ0n) is 5.81. The summed E-state index contributed by atoms with van der Waals surface area (Å²) in [5.41, 5.74) is 0. The van der Waals surface area contributed by atoms with Crippen molar-refractivity contribution in [2.75, 3.05) is 19.5 Å². The largest absolute Gasteiger partial charge is 0.402 e. The minimum atomic E-state index is -4.02. The molecule has 2 N–H and O–H groups in total. The van der Waals surface area contributed by atoms with Crippen LogP contribution in [0.4, 0.5) is 0 Å². The predicted octanol–water partition coefficient (Wildman–Crippen LogP) is 1.09. The average molecular weight is 246 g/mol. The van der Waals surface area contributed by atoms with E-state index in [-0.39, 0.29) is 37.2 Å². The van der Waals surface area contributed by atoms with Gasteiger partial charge in [-0.3, -0.25) is 0 Å². The van der Waals surface area contributed by atoms with Crippen LogP contribution in [0.1, 0.15) is 0 Å². The molecule has 0 rings (SSSR count). The highest BCUT2D eigenvalue weighted by atomic mass is 35.5. The quantitative estimate of drug-likeness (QED) is 0.578. The van der Waals surface area contributed by atoms with Crippen molar-refractivity contribution in [1.29, 1.82) is 0 Å². The van der Waals surface area contributed by atoms with Gasteiger partial charge < -0.3 is 9.79 Å². The van der Waals surface area contributed by atoms with Crippen molar-refractivity contribution >= 4 is 44.2 Å². The van der Waals surface area contributed by atoms with E-state index >= 15 is 0 Å². The van der Waals surface area contributed by atoms with E-state index < -0.39 is 7.75 Å². The second-order valence-electron chi connectivity index (χ2n) is 1.58. The maximum atomic E-state index is 10.3. The summed E-state index contributed by atoms with van der Waals surface area (Å²) < 4.78 is 11.2. The molecule has 0 aromatic heterocycles. The fourth-order valence-corrected chi connectivity index (χ4v) is 0.985. The van der Waals surface area contributed by atoms with Crippen LogP contribution in [0.5, 0.6) is 0 Å². The first-order valence-electron chi connectivity index (χ1n) is 2.31. The number of alkyl halides is 1. The lowest BCUT2D eigenvalue weighted by Crippen LogP contribution is -2.16. The van der Waals surface area contributed by atoms with Crippen LogP contribution >= 0.6 is 44.2 Å². The highest BCUT2D eigenvalue weighted by Crippen LogP contribution is 2.37. The van der Waals surface area contributed by atoms with E-state index in [4.69, 9.17) is 21.4 Å². The van der Waals surface area contributed by atoms with Crippen LogP contribution in [-0.4, -0.2) is 33.9 Å². The molecule has 0 bridgehead atoms. The molecule has 0 unspecified atom stereocenters. The molecule has 0 atom stereocenters. The molecule has 72 valence electrons. The molecular formula is C3H11Cl3NO3P. The monoisotopic (exact) mass is 245 g/mol. The maximum absolute atomic E-state index is 10.3. The summed E-state index contributed by atoms with van der Waals surface area (Å²) in [6, 6.07) is 0. The molecule has 0 aliphatic carbocycles. The average Bonchev–Trinajstić information content (AvgIpc) is 1.64. The minimum Gasteiger partial charge on any atom is -0.312 e. The number of rotatable bonds is 3. The van der Waals surface area contributed by atoms with Crippen LogP contribution in [0.2, 0.25) is 0 Å². The second-order valence-corrected chi connectivity index (χ2v) is 3.67. The molecule has 0 saturated carbocycles. The van der Waals surface area contributed by atoms with Gasteiger partial charge in [0.25, 0.3) is 0 Å². The van der Waals surface area contributed by atoms with Crippen LogP contribution < -0.4 is 0 Å². The standard InChI is InChI=1S/C3H9ClNO3P.2ClH/c1-5(3-2-4)9(6,7)8;;/h2-3H2,1H3,(H2,6,7,8);2*1H. The molecule has 0 fully saturated rings. The van der Waals surface area contributed by atoms with Crippen molar-refractivity contribution < 1.29 is 14.4 Å². The summed E-state index contributed by atoms with van der Waals surface area (Å²) in [5.74, 6) is 0.224. The van der Waals surface area contributed by atoms with Crippen molar-refractivity contribution in [3.8, 4) is 0 Å². The first kappa shape index (κ1) is 17.9. The van der Waals surface area contributed by atoms with Crippen molar-refractivity contribution in [3.05, 3.63) is 0 Å². The summed E-state index contributed by atoms with van der Waals surface area (Å²) in [6.45, 7) is 0.200. The maximum Gasteiger partial charge on any atom is 0.402 e. The smallest absolute Gasteiger partial charge is 0.312 e. The summed E-state index contributed by atoms with van der Waals surface area (Å²) in [7, 11) is -2.70.